The van der Waals surface area contributed by atoms with Crippen LogP contribution in [0.25, 0.3) is 0 Å². The van der Waals surface area contributed by atoms with Crippen molar-refractivity contribution in [3.05, 3.63) is 34.3 Å². The average Bonchev–Trinajstić information content (AvgIpc) is 2.36. The Morgan fingerprint density at radius 1 is 1.30 bits per heavy atom. The van der Waals surface area contributed by atoms with E-state index in [4.69, 9.17) is 5.11 Å². The number of hydrogen-bond donors (Lipinski definition) is 3. The number of amides is 2. The van der Waals surface area contributed by atoms with Gasteiger partial charge in [0.2, 0.25) is 0 Å². The van der Waals surface area contributed by atoms with E-state index in [1.165, 1.54) is 0 Å². The molecule has 0 aromatic heterocycles. The number of carbonyl (C=O) groups is 2. The standard InChI is InChI=1S/C14H19BrN2O3/c1-9(2)7-12(13(18)19)17-14(20)16-8-10-5-3-4-6-11(10)15/h3-6,9,12H,7-8H2,1-2H3,(H,18,19)(H2,16,17,20)/t12-/m1/s1. The van der Waals surface area contributed by atoms with Crippen molar-refractivity contribution in [2.45, 2.75) is 32.9 Å². The van der Waals surface area contributed by atoms with Crippen LogP contribution in [-0.4, -0.2) is 23.1 Å². The van der Waals surface area contributed by atoms with E-state index < -0.39 is 18.0 Å². The zero-order chi connectivity index (χ0) is 15.1. The maximum atomic E-state index is 11.7. The Bertz CT molecular complexity index is 477. The molecule has 0 aliphatic rings. The van der Waals surface area contributed by atoms with Crippen LogP contribution in [0.15, 0.2) is 28.7 Å². The lowest BCUT2D eigenvalue weighted by atomic mass is 10.0. The summed E-state index contributed by atoms with van der Waals surface area (Å²) in [5.41, 5.74) is 0.929. The summed E-state index contributed by atoms with van der Waals surface area (Å²) in [4.78, 5) is 22.8. The quantitative estimate of drug-likeness (QED) is 0.743. The number of urea groups is 1. The van der Waals surface area contributed by atoms with Gasteiger partial charge < -0.3 is 15.7 Å². The third-order valence-corrected chi connectivity index (χ3v) is 3.48. The van der Waals surface area contributed by atoms with Gasteiger partial charge in [-0.2, -0.15) is 0 Å². The van der Waals surface area contributed by atoms with Crippen molar-refractivity contribution < 1.29 is 14.7 Å². The molecule has 0 spiro atoms. The van der Waals surface area contributed by atoms with E-state index in [2.05, 4.69) is 26.6 Å². The number of nitrogens with one attached hydrogen (secondary N) is 2. The summed E-state index contributed by atoms with van der Waals surface area (Å²) in [6.45, 7) is 4.16. The van der Waals surface area contributed by atoms with Gasteiger partial charge >= 0.3 is 12.0 Å². The number of rotatable bonds is 6. The van der Waals surface area contributed by atoms with E-state index >= 15 is 0 Å². The summed E-state index contributed by atoms with van der Waals surface area (Å²) in [5.74, 6) is -0.825. The molecular formula is C14H19BrN2O3. The van der Waals surface area contributed by atoms with Gasteiger partial charge in [0.1, 0.15) is 6.04 Å². The molecule has 1 rings (SSSR count). The molecule has 0 bridgehead atoms. The first kappa shape index (κ1) is 16.5. The minimum atomic E-state index is -1.02. The van der Waals surface area contributed by atoms with E-state index in [1.807, 2.05) is 38.1 Å². The lowest BCUT2D eigenvalue weighted by molar-refractivity contribution is -0.139. The van der Waals surface area contributed by atoms with Crippen LogP contribution < -0.4 is 10.6 Å². The molecule has 5 nitrogen and oxygen atoms in total. The predicted molar refractivity (Wildman–Crippen MR) is 80.4 cm³/mol. The molecule has 0 heterocycles. The number of carboxylic acids is 1. The molecule has 0 aliphatic carbocycles. The molecule has 1 aromatic carbocycles. The SMILES string of the molecule is CC(C)C[C@@H](NC(=O)NCc1ccccc1Br)C(=O)O. The number of aliphatic carboxylic acids is 1. The van der Waals surface area contributed by atoms with Crippen LogP contribution >= 0.6 is 15.9 Å². The van der Waals surface area contributed by atoms with Gasteiger partial charge in [0, 0.05) is 11.0 Å². The Morgan fingerprint density at radius 2 is 1.95 bits per heavy atom. The van der Waals surface area contributed by atoms with E-state index in [0.29, 0.717) is 13.0 Å². The normalized spacial score (nSPS) is 12.0. The molecule has 6 heteroatoms. The number of hydrogen-bond acceptors (Lipinski definition) is 2. The van der Waals surface area contributed by atoms with E-state index in [1.54, 1.807) is 0 Å². The molecule has 0 fully saturated rings. The lowest BCUT2D eigenvalue weighted by Crippen LogP contribution is -2.46. The van der Waals surface area contributed by atoms with Crippen LogP contribution in [0.4, 0.5) is 4.79 Å². The fourth-order valence-corrected chi connectivity index (χ4v) is 2.14. The molecule has 20 heavy (non-hydrogen) atoms. The van der Waals surface area contributed by atoms with Crippen molar-refractivity contribution in [1.29, 1.82) is 0 Å². The van der Waals surface area contributed by atoms with Crippen LogP contribution in [0.5, 0.6) is 0 Å². The van der Waals surface area contributed by atoms with Gasteiger partial charge in [-0.3, -0.25) is 0 Å². The molecular weight excluding hydrogens is 324 g/mol. The highest BCUT2D eigenvalue weighted by Crippen LogP contribution is 2.15. The molecule has 110 valence electrons. The van der Waals surface area contributed by atoms with Crippen molar-refractivity contribution in [3.63, 3.8) is 0 Å². The van der Waals surface area contributed by atoms with Gasteiger partial charge in [-0.25, -0.2) is 9.59 Å². The molecule has 1 aromatic rings. The first-order valence-electron chi connectivity index (χ1n) is 6.40. The van der Waals surface area contributed by atoms with Crippen LogP contribution in [0.2, 0.25) is 0 Å². The molecule has 0 saturated heterocycles. The van der Waals surface area contributed by atoms with E-state index in [-0.39, 0.29) is 5.92 Å². The van der Waals surface area contributed by atoms with Crippen molar-refractivity contribution in [1.82, 2.24) is 10.6 Å². The first-order chi connectivity index (χ1) is 9.40. The second-order valence-electron chi connectivity index (χ2n) is 4.94. The monoisotopic (exact) mass is 342 g/mol. The van der Waals surface area contributed by atoms with Crippen LogP contribution in [0, 0.1) is 5.92 Å². The number of carboxylic acid groups (broad SMARTS) is 1. The highest BCUT2D eigenvalue weighted by Gasteiger charge is 2.20. The summed E-state index contributed by atoms with van der Waals surface area (Å²) >= 11 is 3.39. The fourth-order valence-electron chi connectivity index (χ4n) is 1.72. The van der Waals surface area contributed by atoms with Crippen LogP contribution in [0.1, 0.15) is 25.8 Å². The third-order valence-electron chi connectivity index (χ3n) is 2.71. The minimum absolute atomic E-state index is 0.194. The van der Waals surface area contributed by atoms with E-state index in [0.717, 1.165) is 10.0 Å². The van der Waals surface area contributed by atoms with Crippen molar-refractivity contribution in [2.75, 3.05) is 0 Å². The second-order valence-corrected chi connectivity index (χ2v) is 5.79. The number of benzene rings is 1. The Labute approximate surface area is 126 Å². The van der Waals surface area contributed by atoms with Crippen LogP contribution in [-0.2, 0) is 11.3 Å². The molecule has 2 amide bonds. The predicted octanol–water partition coefficient (Wildman–Crippen LogP) is 2.75. The maximum absolute atomic E-state index is 11.7. The summed E-state index contributed by atoms with van der Waals surface area (Å²) in [5, 5.41) is 14.2. The van der Waals surface area contributed by atoms with Gasteiger partial charge in [0.05, 0.1) is 0 Å². The van der Waals surface area contributed by atoms with Crippen molar-refractivity contribution in [2.24, 2.45) is 5.92 Å². The largest absolute Gasteiger partial charge is 0.480 e. The highest BCUT2D eigenvalue weighted by atomic mass is 79.9. The van der Waals surface area contributed by atoms with E-state index in [9.17, 15) is 9.59 Å². The topological polar surface area (TPSA) is 78.4 Å². The Hall–Kier alpha value is -1.56. The molecule has 0 saturated carbocycles. The Balaban J connectivity index is 2.50. The molecule has 0 unspecified atom stereocenters. The van der Waals surface area contributed by atoms with Gasteiger partial charge in [-0.15, -0.1) is 0 Å². The fraction of sp³-hybridized carbons (Fsp3) is 0.429. The third kappa shape index (κ3) is 5.61. The minimum Gasteiger partial charge on any atom is -0.480 e. The zero-order valence-electron chi connectivity index (χ0n) is 11.5. The highest BCUT2D eigenvalue weighted by molar-refractivity contribution is 9.10. The first-order valence-corrected chi connectivity index (χ1v) is 7.20. The van der Waals surface area contributed by atoms with Gasteiger partial charge in [-0.1, -0.05) is 48.0 Å². The smallest absolute Gasteiger partial charge is 0.326 e. The molecule has 1 atom stereocenters. The molecule has 0 aliphatic heterocycles. The second kappa shape index (κ2) is 7.89. The van der Waals surface area contributed by atoms with Gasteiger partial charge in [0.15, 0.2) is 0 Å². The summed E-state index contributed by atoms with van der Waals surface area (Å²) < 4.78 is 0.900. The summed E-state index contributed by atoms with van der Waals surface area (Å²) in [6, 6.07) is 6.18. The molecule has 3 N–H and O–H groups in total. The molecule has 0 radical (unpaired) electrons. The van der Waals surface area contributed by atoms with Gasteiger partial charge in [0.25, 0.3) is 0 Å². The van der Waals surface area contributed by atoms with Gasteiger partial charge in [-0.05, 0) is 24.0 Å². The summed E-state index contributed by atoms with van der Waals surface area (Å²) in [7, 11) is 0. The maximum Gasteiger partial charge on any atom is 0.326 e. The lowest BCUT2D eigenvalue weighted by Gasteiger charge is -2.17. The summed E-state index contributed by atoms with van der Waals surface area (Å²) in [6.07, 6.45) is 0.401. The Morgan fingerprint density at radius 3 is 2.50 bits per heavy atom. The zero-order valence-corrected chi connectivity index (χ0v) is 13.1. The number of carbonyl (C=O) groups excluding carboxylic acids is 1. The van der Waals surface area contributed by atoms with Crippen molar-refractivity contribution >= 4 is 27.9 Å². The number of halogens is 1. The van der Waals surface area contributed by atoms with Crippen LogP contribution in [0.3, 0.4) is 0 Å². The Kier molecular flexibility index (Phi) is 6.51. The average molecular weight is 343 g/mol. The van der Waals surface area contributed by atoms with Crippen molar-refractivity contribution in [3.8, 4) is 0 Å².